The third kappa shape index (κ3) is 5.71. The van der Waals surface area contributed by atoms with Crippen LogP contribution >= 0.6 is 0 Å². The van der Waals surface area contributed by atoms with Crippen molar-refractivity contribution in [3.05, 3.63) is 23.3 Å². The lowest BCUT2D eigenvalue weighted by Crippen LogP contribution is -2.68. The summed E-state index contributed by atoms with van der Waals surface area (Å²) in [7, 11) is -2.84. The van der Waals surface area contributed by atoms with E-state index < -0.39 is 9.84 Å². The second-order valence-electron chi connectivity index (χ2n) is 20.6. The van der Waals surface area contributed by atoms with Crippen molar-refractivity contribution < 1.29 is 12.8 Å². The van der Waals surface area contributed by atoms with E-state index in [0.29, 0.717) is 52.7 Å². The van der Waals surface area contributed by atoms with Gasteiger partial charge in [-0.3, -0.25) is 4.39 Å². The van der Waals surface area contributed by atoms with Gasteiger partial charge in [0.1, 0.15) is 0 Å². The molecule has 1 N–H and O–H groups in total. The average molecular weight is 699 g/mol. The Morgan fingerprint density at radius 1 is 0.857 bits per heavy atom. The highest BCUT2D eigenvalue weighted by Crippen LogP contribution is 2.76. The molecular weight excluding hydrogens is 628 g/mol. The number of fused-ring (bicyclic) bond motifs is 7. The summed E-state index contributed by atoms with van der Waals surface area (Å²) in [5, 5.41) is 4.27. The number of hydrogen-bond donors (Lipinski definition) is 1. The fourth-order valence-electron chi connectivity index (χ4n) is 14.7. The first-order chi connectivity index (χ1) is 22.9. The zero-order chi connectivity index (χ0) is 35.3. The van der Waals surface area contributed by atoms with E-state index in [4.69, 9.17) is 0 Å². The Kier molecular flexibility index (Phi) is 9.29. The topological polar surface area (TPSA) is 49.4 Å². The van der Waals surface area contributed by atoms with Crippen LogP contribution < -0.4 is 5.32 Å². The molecule has 0 amide bonds. The smallest absolute Gasteiger partial charge is 0.152 e. The predicted molar refractivity (Wildman–Crippen MR) is 202 cm³/mol. The maximum absolute atomic E-state index is 13.8. The van der Waals surface area contributed by atoms with Crippen molar-refractivity contribution in [2.45, 2.75) is 138 Å². The van der Waals surface area contributed by atoms with Crippen LogP contribution in [0.15, 0.2) is 23.3 Å². The van der Waals surface area contributed by atoms with E-state index >= 15 is 0 Å². The number of alkyl halides is 1. The van der Waals surface area contributed by atoms with Crippen LogP contribution in [0.5, 0.6) is 0 Å². The highest BCUT2D eigenvalue weighted by Gasteiger charge is 2.70. The molecule has 1 saturated heterocycles. The Bertz CT molecular complexity index is 1440. The zero-order valence-electron chi connectivity index (χ0n) is 32.6. The van der Waals surface area contributed by atoms with Crippen molar-refractivity contribution in [1.82, 2.24) is 10.2 Å². The first-order valence-corrected chi connectivity index (χ1v) is 22.4. The Morgan fingerprint density at radius 2 is 1.59 bits per heavy atom. The molecule has 0 bridgehead atoms. The van der Waals surface area contributed by atoms with E-state index in [9.17, 15) is 12.8 Å². The van der Waals surface area contributed by atoms with Gasteiger partial charge in [0.2, 0.25) is 0 Å². The number of rotatable bonds is 7. The molecule has 4 nitrogen and oxygen atoms in total. The third-order valence-corrected chi connectivity index (χ3v) is 19.4. The molecule has 0 aromatic rings. The van der Waals surface area contributed by atoms with Crippen LogP contribution in [0, 0.1) is 62.6 Å². The molecule has 7 aliphatic rings. The van der Waals surface area contributed by atoms with Crippen LogP contribution in [0.1, 0.15) is 132 Å². The van der Waals surface area contributed by atoms with Crippen molar-refractivity contribution >= 4 is 9.84 Å². The van der Waals surface area contributed by atoms with Crippen molar-refractivity contribution in [2.24, 2.45) is 62.6 Å². The van der Waals surface area contributed by atoms with Gasteiger partial charge in [-0.05, 0) is 151 Å². The van der Waals surface area contributed by atoms with Crippen LogP contribution in [0.3, 0.4) is 0 Å². The van der Waals surface area contributed by atoms with Gasteiger partial charge >= 0.3 is 0 Å². The minimum Gasteiger partial charge on any atom is -0.310 e. The number of halogens is 1. The molecule has 1 heterocycles. The van der Waals surface area contributed by atoms with Crippen molar-refractivity contribution in [2.75, 3.05) is 44.4 Å². The van der Waals surface area contributed by atoms with Crippen molar-refractivity contribution in [3.8, 4) is 0 Å². The Hall–Kier alpha value is -0.720. The van der Waals surface area contributed by atoms with Crippen LogP contribution in [0.4, 0.5) is 4.39 Å². The summed E-state index contributed by atoms with van der Waals surface area (Å²) in [5.41, 5.74) is 4.38. The maximum atomic E-state index is 13.8. The molecule has 0 aromatic heterocycles. The summed E-state index contributed by atoms with van der Waals surface area (Å²) in [6, 6.07) is 0. The molecular formula is C43H71FN2O2S. The summed E-state index contributed by atoms with van der Waals surface area (Å²) in [6.45, 7) is 23.6. The van der Waals surface area contributed by atoms with Gasteiger partial charge in [0, 0.05) is 31.7 Å². The molecule has 6 aliphatic carbocycles. The molecule has 278 valence electrons. The monoisotopic (exact) mass is 699 g/mol. The minimum absolute atomic E-state index is 0.153. The largest absolute Gasteiger partial charge is 0.310 e. The van der Waals surface area contributed by atoms with Gasteiger partial charge in [0.25, 0.3) is 0 Å². The lowest BCUT2D eigenvalue weighted by molar-refractivity contribution is -0.223. The molecule has 0 aromatic carbocycles. The molecule has 6 heteroatoms. The third-order valence-electron chi connectivity index (χ3n) is 17.8. The van der Waals surface area contributed by atoms with E-state index in [1.54, 1.807) is 5.57 Å². The van der Waals surface area contributed by atoms with Crippen LogP contribution in [-0.4, -0.2) is 63.2 Å². The van der Waals surface area contributed by atoms with E-state index in [-0.39, 0.29) is 23.0 Å². The van der Waals surface area contributed by atoms with Gasteiger partial charge in [-0.25, -0.2) is 8.42 Å². The number of sulfone groups is 1. The highest BCUT2D eigenvalue weighted by atomic mass is 32.2. The van der Waals surface area contributed by atoms with E-state index in [1.807, 2.05) is 0 Å². The quantitative estimate of drug-likeness (QED) is 0.288. The average Bonchev–Trinajstić information content (AvgIpc) is 3.43. The summed E-state index contributed by atoms with van der Waals surface area (Å²) in [4.78, 5) is 2.38. The van der Waals surface area contributed by atoms with E-state index in [2.05, 4.69) is 77.8 Å². The highest BCUT2D eigenvalue weighted by molar-refractivity contribution is 7.91. The Labute approximate surface area is 300 Å². The molecule has 0 spiro atoms. The van der Waals surface area contributed by atoms with E-state index in [1.165, 1.54) is 63.4 Å². The summed E-state index contributed by atoms with van der Waals surface area (Å²) in [5.74, 6) is 5.08. The van der Waals surface area contributed by atoms with E-state index in [0.717, 1.165) is 56.0 Å². The molecule has 4 saturated carbocycles. The van der Waals surface area contributed by atoms with Crippen LogP contribution in [0.25, 0.3) is 0 Å². The molecule has 1 aliphatic heterocycles. The summed E-state index contributed by atoms with van der Waals surface area (Å²) < 4.78 is 37.9. The molecule has 0 radical (unpaired) electrons. The lowest BCUT2D eigenvalue weighted by Gasteiger charge is -2.72. The molecule has 49 heavy (non-hydrogen) atoms. The number of allylic oxidation sites excluding steroid dienone is 4. The second kappa shape index (κ2) is 12.4. The predicted octanol–water partition coefficient (Wildman–Crippen LogP) is 9.42. The number of nitrogens with one attached hydrogen (secondary N) is 1. The molecule has 10 atom stereocenters. The van der Waals surface area contributed by atoms with Crippen LogP contribution in [-0.2, 0) is 9.84 Å². The summed E-state index contributed by atoms with van der Waals surface area (Å²) in [6.07, 6.45) is 19.9. The first-order valence-electron chi connectivity index (χ1n) is 20.6. The first kappa shape index (κ1) is 36.6. The van der Waals surface area contributed by atoms with Crippen molar-refractivity contribution in [1.29, 1.82) is 0 Å². The van der Waals surface area contributed by atoms with Gasteiger partial charge in [0.05, 0.1) is 18.2 Å². The minimum atomic E-state index is -2.84. The molecule has 1 unspecified atom stereocenters. The Balaban J connectivity index is 1.13. The fourth-order valence-corrected chi connectivity index (χ4v) is 15.9. The van der Waals surface area contributed by atoms with Gasteiger partial charge < -0.3 is 10.2 Å². The zero-order valence-corrected chi connectivity index (χ0v) is 33.4. The second-order valence-corrected chi connectivity index (χ2v) is 22.9. The van der Waals surface area contributed by atoms with Gasteiger partial charge in [-0.15, -0.1) is 0 Å². The molecule has 5 fully saturated rings. The number of nitrogens with zero attached hydrogens (tertiary/aromatic N) is 1. The van der Waals surface area contributed by atoms with Crippen molar-refractivity contribution in [3.63, 3.8) is 0 Å². The standard InChI is InChI=1S/C43H71FN2O2S/c1-30(2)32-13-20-43(45-23-24-46-25-27-49(47,48)28-26-46)22-21-41(7)34(37(32)43)9-10-36-40(6)18-14-33(31-11-16-39(5,29-44)17-12-31)38(3,4)35(40)15-19-42(36,41)8/h11,14,30,32,34-37,45H,9-10,12-13,15-29H2,1-8H3/t32?,34-,35+,36-,37-,39+,40+,41-,42-,43+/m1/s1. The summed E-state index contributed by atoms with van der Waals surface area (Å²) >= 11 is 0. The normalized spacial score (nSPS) is 47.8. The van der Waals surface area contributed by atoms with Gasteiger partial charge in [-0.2, -0.15) is 0 Å². The van der Waals surface area contributed by atoms with Gasteiger partial charge in [-0.1, -0.05) is 67.5 Å². The Morgan fingerprint density at radius 3 is 2.24 bits per heavy atom. The SMILES string of the molecule is CC(C)C1CC[C@]2(NCCN3CCS(=O)(=O)CC3)CC[C@]3(C)[C@H](CC[C@@H]4[C@@]5(C)CC=C(C6=CC[C@](C)(CF)CC6)C(C)(C)[C@@H]5CC[C@]43C)[C@@H]12. The molecule has 7 rings (SSSR count). The lowest BCUT2D eigenvalue weighted by atomic mass is 9.32. The number of hydrogen-bond acceptors (Lipinski definition) is 4. The fraction of sp³-hybridized carbons (Fsp3) is 0.907. The van der Waals surface area contributed by atoms with Gasteiger partial charge in [0.15, 0.2) is 9.84 Å². The maximum Gasteiger partial charge on any atom is 0.152 e. The van der Waals surface area contributed by atoms with Crippen LogP contribution in [0.2, 0.25) is 0 Å².